The molecule has 0 radical (unpaired) electrons. The molecule has 10 heteroatoms. The molecule has 152 valence electrons. The lowest BCUT2D eigenvalue weighted by Gasteiger charge is -2.25. The van der Waals surface area contributed by atoms with E-state index in [4.69, 9.17) is 9.29 Å². The molecule has 9 nitrogen and oxygen atoms in total. The number of aromatic nitrogens is 4. The van der Waals surface area contributed by atoms with Gasteiger partial charge in [-0.25, -0.2) is 9.97 Å². The maximum absolute atomic E-state index is 11.1. The van der Waals surface area contributed by atoms with Crippen LogP contribution in [0, 0.1) is 6.92 Å². The van der Waals surface area contributed by atoms with Crippen molar-refractivity contribution in [3.8, 4) is 11.5 Å². The molecule has 0 unspecified atom stereocenters. The van der Waals surface area contributed by atoms with Crippen LogP contribution < -0.4 is 10.1 Å². The third-order valence-corrected chi connectivity index (χ3v) is 5.71. The summed E-state index contributed by atoms with van der Waals surface area (Å²) in [7, 11) is -4.01. The molecule has 0 bridgehead atoms. The van der Waals surface area contributed by atoms with Crippen LogP contribution in [0.4, 0.5) is 11.4 Å². The van der Waals surface area contributed by atoms with Gasteiger partial charge in [-0.2, -0.15) is 8.42 Å². The van der Waals surface area contributed by atoms with E-state index in [1.807, 2.05) is 25.1 Å². The molecule has 0 saturated carbocycles. The summed E-state index contributed by atoms with van der Waals surface area (Å²) in [5, 5.41) is 3.38. The van der Waals surface area contributed by atoms with E-state index in [0.29, 0.717) is 45.7 Å². The van der Waals surface area contributed by atoms with Gasteiger partial charge >= 0.3 is 0 Å². The van der Waals surface area contributed by atoms with E-state index in [1.54, 1.807) is 18.6 Å². The van der Waals surface area contributed by atoms with Gasteiger partial charge in [0.25, 0.3) is 10.1 Å². The van der Waals surface area contributed by atoms with Crippen molar-refractivity contribution in [1.29, 1.82) is 0 Å². The zero-order chi connectivity index (χ0) is 20.9. The van der Waals surface area contributed by atoms with Crippen molar-refractivity contribution in [2.24, 2.45) is 0 Å². The molecule has 0 spiro atoms. The first kappa shape index (κ1) is 18.6. The Morgan fingerprint density at radius 1 is 1.03 bits per heavy atom. The van der Waals surface area contributed by atoms with Gasteiger partial charge in [0.15, 0.2) is 11.5 Å². The SMILES string of the molecule is Cc1cnc2c3c(c4nccnc4c2n1)Oc1c(CCCS(=O)(=O)O)cccc1N3. The summed E-state index contributed by atoms with van der Waals surface area (Å²) in [6.45, 7) is 1.87. The smallest absolute Gasteiger partial charge is 0.264 e. The number of para-hydroxylation sites is 1. The van der Waals surface area contributed by atoms with Gasteiger partial charge in [-0.15, -0.1) is 0 Å². The zero-order valence-corrected chi connectivity index (χ0v) is 16.8. The number of ether oxygens (including phenoxy) is 1. The standard InChI is InChI=1S/C20H17N5O4S/c1-11-10-23-15-16(24-11)14-17(22-8-7-21-14)20-18(15)25-13-6-2-4-12(19(13)29-20)5-3-9-30(26,27)28/h2,4,6-8,10,25H,3,5,9H2,1H3,(H,26,27,28). The van der Waals surface area contributed by atoms with Crippen LogP contribution in [0.5, 0.6) is 11.5 Å². The van der Waals surface area contributed by atoms with Crippen LogP contribution in [0.1, 0.15) is 17.7 Å². The fourth-order valence-electron chi connectivity index (χ4n) is 3.63. The molecule has 3 heterocycles. The van der Waals surface area contributed by atoms with Crippen LogP contribution >= 0.6 is 0 Å². The van der Waals surface area contributed by atoms with Crippen LogP contribution in [0.3, 0.4) is 0 Å². The van der Waals surface area contributed by atoms with E-state index in [0.717, 1.165) is 16.9 Å². The van der Waals surface area contributed by atoms with Crippen molar-refractivity contribution in [3.05, 3.63) is 48.0 Å². The third kappa shape index (κ3) is 3.19. The Labute approximate surface area is 171 Å². The predicted molar refractivity (Wildman–Crippen MR) is 112 cm³/mol. The summed E-state index contributed by atoms with van der Waals surface area (Å²) in [5.74, 6) is 0.777. The lowest BCUT2D eigenvalue weighted by Crippen LogP contribution is -2.09. The Bertz CT molecular complexity index is 1420. The first-order valence-electron chi connectivity index (χ1n) is 9.33. The van der Waals surface area contributed by atoms with E-state index in [2.05, 4.69) is 25.3 Å². The van der Waals surface area contributed by atoms with Crippen molar-refractivity contribution in [2.75, 3.05) is 11.1 Å². The number of fused-ring (bicyclic) bond motifs is 7. The van der Waals surface area contributed by atoms with Gasteiger partial charge < -0.3 is 10.1 Å². The third-order valence-electron chi connectivity index (χ3n) is 4.90. The van der Waals surface area contributed by atoms with E-state index >= 15 is 0 Å². The van der Waals surface area contributed by atoms with Crippen LogP contribution in [-0.4, -0.2) is 38.7 Å². The van der Waals surface area contributed by atoms with Gasteiger partial charge in [0, 0.05) is 18.6 Å². The number of rotatable bonds is 4. The summed E-state index contributed by atoms with van der Waals surface area (Å²) in [6.07, 6.45) is 5.58. The molecule has 1 aliphatic rings. The van der Waals surface area contributed by atoms with Crippen molar-refractivity contribution in [3.63, 3.8) is 0 Å². The second-order valence-corrected chi connectivity index (χ2v) is 8.65. The first-order valence-corrected chi connectivity index (χ1v) is 10.9. The Balaban J connectivity index is 1.65. The van der Waals surface area contributed by atoms with Crippen LogP contribution in [0.25, 0.3) is 22.1 Å². The average Bonchev–Trinajstić information content (AvgIpc) is 2.72. The number of nitrogens with zero attached hydrogens (tertiary/aromatic N) is 4. The highest BCUT2D eigenvalue weighted by Gasteiger charge is 2.27. The van der Waals surface area contributed by atoms with E-state index in [9.17, 15) is 8.42 Å². The summed E-state index contributed by atoms with van der Waals surface area (Å²) >= 11 is 0. The summed E-state index contributed by atoms with van der Waals surface area (Å²) in [6, 6.07) is 5.61. The minimum atomic E-state index is -4.01. The van der Waals surface area contributed by atoms with Gasteiger partial charge in [0.05, 0.1) is 17.1 Å². The second kappa shape index (κ2) is 6.85. The number of hydrogen-bond donors (Lipinski definition) is 2. The summed E-state index contributed by atoms with van der Waals surface area (Å²) in [4.78, 5) is 18.1. The number of nitrogens with one attached hydrogen (secondary N) is 1. The summed E-state index contributed by atoms with van der Waals surface area (Å²) in [5.41, 5.74) is 5.41. The minimum absolute atomic E-state index is 0.272. The van der Waals surface area contributed by atoms with E-state index < -0.39 is 10.1 Å². The zero-order valence-electron chi connectivity index (χ0n) is 16.0. The van der Waals surface area contributed by atoms with Gasteiger partial charge in [0.1, 0.15) is 27.8 Å². The largest absolute Gasteiger partial charge is 0.450 e. The predicted octanol–water partition coefficient (Wildman–Crippen LogP) is 3.55. The highest BCUT2D eigenvalue weighted by Crippen LogP contribution is 2.49. The Hall–Kier alpha value is -3.37. The topological polar surface area (TPSA) is 127 Å². The van der Waals surface area contributed by atoms with Gasteiger partial charge in [-0.1, -0.05) is 12.1 Å². The molecule has 2 aromatic heterocycles. The van der Waals surface area contributed by atoms with Crippen LogP contribution in [0.2, 0.25) is 0 Å². The highest BCUT2D eigenvalue weighted by molar-refractivity contribution is 7.85. The Morgan fingerprint density at radius 3 is 2.63 bits per heavy atom. The second-order valence-electron chi connectivity index (χ2n) is 7.08. The van der Waals surface area contributed by atoms with Crippen molar-refractivity contribution in [1.82, 2.24) is 19.9 Å². The monoisotopic (exact) mass is 423 g/mol. The molecule has 0 aliphatic carbocycles. The fraction of sp³-hybridized carbons (Fsp3) is 0.200. The summed E-state index contributed by atoms with van der Waals surface area (Å²) < 4.78 is 37.4. The quantitative estimate of drug-likeness (QED) is 0.329. The average molecular weight is 423 g/mol. The first-order chi connectivity index (χ1) is 14.4. The lowest BCUT2D eigenvalue weighted by molar-refractivity contribution is 0.474. The highest BCUT2D eigenvalue weighted by atomic mass is 32.2. The van der Waals surface area contributed by atoms with Crippen molar-refractivity contribution < 1.29 is 17.7 Å². The molecule has 1 aliphatic heterocycles. The number of aryl methyl sites for hydroxylation is 2. The molecule has 0 fully saturated rings. The molecule has 2 N–H and O–H groups in total. The number of benzene rings is 2. The minimum Gasteiger partial charge on any atom is -0.450 e. The molecule has 5 rings (SSSR count). The lowest BCUT2D eigenvalue weighted by atomic mass is 10.1. The molecule has 0 atom stereocenters. The van der Waals surface area contributed by atoms with Crippen molar-refractivity contribution >= 4 is 43.6 Å². The number of hydrogen-bond acceptors (Lipinski definition) is 8. The van der Waals surface area contributed by atoms with Gasteiger partial charge in [-0.05, 0) is 31.4 Å². The number of anilines is 2. The Morgan fingerprint density at radius 2 is 1.83 bits per heavy atom. The van der Waals surface area contributed by atoms with Gasteiger partial charge in [-0.3, -0.25) is 14.5 Å². The van der Waals surface area contributed by atoms with E-state index in [1.165, 1.54) is 0 Å². The Kier molecular flexibility index (Phi) is 4.26. The fourth-order valence-corrected chi connectivity index (χ4v) is 4.14. The molecule has 0 amide bonds. The molecular weight excluding hydrogens is 406 g/mol. The molecular formula is C20H17N5O4S. The van der Waals surface area contributed by atoms with Gasteiger partial charge in [0.2, 0.25) is 0 Å². The normalized spacial score (nSPS) is 12.9. The van der Waals surface area contributed by atoms with Crippen molar-refractivity contribution in [2.45, 2.75) is 19.8 Å². The maximum atomic E-state index is 11.1. The molecule has 0 saturated heterocycles. The maximum Gasteiger partial charge on any atom is 0.264 e. The van der Waals surface area contributed by atoms with E-state index in [-0.39, 0.29) is 12.2 Å². The van der Waals surface area contributed by atoms with Crippen LogP contribution in [0.15, 0.2) is 36.8 Å². The molecule has 30 heavy (non-hydrogen) atoms. The van der Waals surface area contributed by atoms with Crippen LogP contribution in [-0.2, 0) is 16.5 Å². The molecule has 4 aromatic rings. The molecule has 2 aromatic carbocycles.